The highest BCUT2D eigenvalue weighted by atomic mass is 19.2. The van der Waals surface area contributed by atoms with Crippen LogP contribution in [0.2, 0.25) is 0 Å². The number of benzene rings is 2. The molecule has 0 aliphatic carbocycles. The maximum absolute atomic E-state index is 13.5. The van der Waals surface area contributed by atoms with Crippen molar-refractivity contribution >= 4 is 0 Å². The second-order valence-corrected chi connectivity index (χ2v) is 3.81. The van der Waals surface area contributed by atoms with E-state index in [1.165, 1.54) is 13.2 Å². The molecule has 88 valence electrons. The summed E-state index contributed by atoms with van der Waals surface area (Å²) < 4.78 is 31.5. The van der Waals surface area contributed by atoms with Gasteiger partial charge in [0.2, 0.25) is 5.82 Å². The van der Waals surface area contributed by atoms with Gasteiger partial charge in [-0.1, -0.05) is 29.8 Å². The van der Waals surface area contributed by atoms with Crippen molar-refractivity contribution in [2.24, 2.45) is 0 Å². The van der Waals surface area contributed by atoms with Gasteiger partial charge < -0.3 is 4.74 Å². The van der Waals surface area contributed by atoms with E-state index in [0.717, 1.165) is 17.2 Å². The molecule has 0 unspecified atom stereocenters. The molecule has 2 aromatic carbocycles. The van der Waals surface area contributed by atoms with Gasteiger partial charge in [0, 0.05) is 5.56 Å². The number of hydrogen-bond donors (Lipinski definition) is 0. The number of hydrogen-bond acceptors (Lipinski definition) is 1. The Morgan fingerprint density at radius 3 is 2.18 bits per heavy atom. The maximum Gasteiger partial charge on any atom is 0.201 e. The van der Waals surface area contributed by atoms with Gasteiger partial charge in [-0.15, -0.1) is 0 Å². The van der Waals surface area contributed by atoms with E-state index in [-0.39, 0.29) is 5.75 Å². The van der Waals surface area contributed by atoms with E-state index in [1.54, 1.807) is 0 Å². The average Bonchev–Trinajstić information content (AvgIpc) is 2.34. The van der Waals surface area contributed by atoms with Crippen LogP contribution in [-0.4, -0.2) is 7.11 Å². The topological polar surface area (TPSA) is 9.23 Å². The summed E-state index contributed by atoms with van der Waals surface area (Å²) in [5.41, 5.74) is 2.45. The minimum Gasteiger partial charge on any atom is -0.493 e. The number of aryl methyl sites for hydroxylation is 1. The summed E-state index contributed by atoms with van der Waals surface area (Å²) >= 11 is 0. The Balaban J connectivity index is 2.59. The molecule has 0 N–H and O–H groups in total. The van der Waals surface area contributed by atoms with Crippen LogP contribution in [0.15, 0.2) is 36.4 Å². The molecule has 0 aliphatic heterocycles. The van der Waals surface area contributed by atoms with Crippen LogP contribution in [0, 0.1) is 18.6 Å². The van der Waals surface area contributed by atoms with E-state index >= 15 is 0 Å². The first-order valence-corrected chi connectivity index (χ1v) is 5.22. The fourth-order valence-electron chi connectivity index (χ4n) is 1.69. The molecule has 0 saturated carbocycles. The molecule has 0 bridgehead atoms. The predicted octanol–water partition coefficient (Wildman–Crippen LogP) is 3.95. The van der Waals surface area contributed by atoms with Gasteiger partial charge in [-0.25, -0.2) is 4.39 Å². The first kappa shape index (κ1) is 11.6. The highest BCUT2D eigenvalue weighted by Crippen LogP contribution is 2.33. The van der Waals surface area contributed by atoms with Crippen LogP contribution in [0.25, 0.3) is 11.1 Å². The van der Waals surface area contributed by atoms with Crippen LogP contribution in [0.5, 0.6) is 5.75 Å². The molecule has 3 heteroatoms. The smallest absolute Gasteiger partial charge is 0.201 e. The van der Waals surface area contributed by atoms with E-state index in [9.17, 15) is 8.78 Å². The van der Waals surface area contributed by atoms with Crippen LogP contribution in [0.1, 0.15) is 5.56 Å². The quantitative estimate of drug-likeness (QED) is 0.764. The van der Waals surface area contributed by atoms with Crippen LogP contribution in [0.4, 0.5) is 8.78 Å². The SMILES string of the molecule is COc1c(-c2ccc(C)cc2)ccc(F)c1F. The number of rotatable bonds is 2. The van der Waals surface area contributed by atoms with Gasteiger partial charge in [0.15, 0.2) is 11.6 Å². The molecule has 0 atom stereocenters. The summed E-state index contributed by atoms with van der Waals surface area (Å²) in [5, 5.41) is 0. The Kier molecular flexibility index (Phi) is 3.09. The lowest BCUT2D eigenvalue weighted by molar-refractivity contribution is 0.373. The second-order valence-electron chi connectivity index (χ2n) is 3.81. The number of halogens is 2. The zero-order valence-electron chi connectivity index (χ0n) is 9.63. The second kappa shape index (κ2) is 4.53. The Hall–Kier alpha value is -1.90. The molecule has 0 aromatic heterocycles. The third kappa shape index (κ3) is 2.13. The highest BCUT2D eigenvalue weighted by molar-refractivity contribution is 5.70. The van der Waals surface area contributed by atoms with E-state index < -0.39 is 11.6 Å². The monoisotopic (exact) mass is 234 g/mol. The third-order valence-corrected chi connectivity index (χ3v) is 2.62. The summed E-state index contributed by atoms with van der Waals surface area (Å²) in [4.78, 5) is 0. The zero-order chi connectivity index (χ0) is 12.4. The molecule has 0 spiro atoms. The first-order valence-electron chi connectivity index (χ1n) is 5.22. The Bertz CT molecular complexity index is 533. The number of methoxy groups -OCH3 is 1. The van der Waals surface area contributed by atoms with Gasteiger partial charge in [0.25, 0.3) is 0 Å². The van der Waals surface area contributed by atoms with Crippen molar-refractivity contribution in [2.45, 2.75) is 6.92 Å². The lowest BCUT2D eigenvalue weighted by atomic mass is 10.0. The fourth-order valence-corrected chi connectivity index (χ4v) is 1.69. The van der Waals surface area contributed by atoms with Crippen LogP contribution >= 0.6 is 0 Å². The molecule has 1 nitrogen and oxygen atoms in total. The molecule has 0 fully saturated rings. The van der Waals surface area contributed by atoms with Gasteiger partial charge in [-0.3, -0.25) is 0 Å². The first-order chi connectivity index (χ1) is 8.13. The standard InChI is InChI=1S/C14H12F2O/c1-9-3-5-10(6-4-9)11-7-8-12(15)13(16)14(11)17-2/h3-8H,1-2H3. The number of ether oxygens (including phenoxy) is 1. The molecule has 0 radical (unpaired) electrons. The molecule has 0 aliphatic rings. The third-order valence-electron chi connectivity index (χ3n) is 2.62. The molecular weight excluding hydrogens is 222 g/mol. The van der Waals surface area contributed by atoms with E-state index in [1.807, 2.05) is 31.2 Å². The molecule has 2 aromatic rings. The summed E-state index contributed by atoms with van der Waals surface area (Å²) in [6.45, 7) is 1.96. The van der Waals surface area contributed by atoms with Crippen molar-refractivity contribution in [1.82, 2.24) is 0 Å². The van der Waals surface area contributed by atoms with Crippen molar-refractivity contribution in [3.05, 3.63) is 53.6 Å². The molecule has 0 heterocycles. The summed E-state index contributed by atoms with van der Waals surface area (Å²) in [6, 6.07) is 10.1. The van der Waals surface area contributed by atoms with Crippen molar-refractivity contribution in [2.75, 3.05) is 7.11 Å². The molecule has 2 rings (SSSR count). The molecular formula is C14H12F2O. The molecule has 17 heavy (non-hydrogen) atoms. The average molecular weight is 234 g/mol. The van der Waals surface area contributed by atoms with Crippen LogP contribution in [0.3, 0.4) is 0 Å². The van der Waals surface area contributed by atoms with Crippen molar-refractivity contribution in [1.29, 1.82) is 0 Å². The van der Waals surface area contributed by atoms with Gasteiger partial charge >= 0.3 is 0 Å². The lowest BCUT2D eigenvalue weighted by Crippen LogP contribution is -1.95. The van der Waals surface area contributed by atoms with Gasteiger partial charge in [0.1, 0.15) is 0 Å². The molecule has 0 amide bonds. The van der Waals surface area contributed by atoms with Crippen LogP contribution < -0.4 is 4.74 Å². The van der Waals surface area contributed by atoms with E-state index in [4.69, 9.17) is 4.74 Å². The summed E-state index contributed by atoms with van der Waals surface area (Å²) in [5.74, 6) is -1.92. The van der Waals surface area contributed by atoms with Crippen molar-refractivity contribution < 1.29 is 13.5 Å². The minimum atomic E-state index is -0.953. The highest BCUT2D eigenvalue weighted by Gasteiger charge is 2.15. The summed E-state index contributed by atoms with van der Waals surface area (Å²) in [7, 11) is 1.33. The van der Waals surface area contributed by atoms with Crippen molar-refractivity contribution in [3.8, 4) is 16.9 Å². The fraction of sp³-hybridized carbons (Fsp3) is 0.143. The zero-order valence-corrected chi connectivity index (χ0v) is 9.63. The van der Waals surface area contributed by atoms with Crippen molar-refractivity contribution in [3.63, 3.8) is 0 Å². The largest absolute Gasteiger partial charge is 0.493 e. The minimum absolute atomic E-state index is 0.0612. The normalized spacial score (nSPS) is 10.4. The van der Waals surface area contributed by atoms with Crippen LogP contribution in [-0.2, 0) is 0 Å². The van der Waals surface area contributed by atoms with E-state index in [2.05, 4.69) is 0 Å². The van der Waals surface area contributed by atoms with Gasteiger partial charge in [-0.05, 0) is 24.6 Å². The maximum atomic E-state index is 13.5. The van der Waals surface area contributed by atoms with E-state index in [0.29, 0.717) is 5.56 Å². The predicted molar refractivity (Wildman–Crippen MR) is 63.1 cm³/mol. The Morgan fingerprint density at radius 1 is 0.941 bits per heavy atom. The Morgan fingerprint density at radius 2 is 1.59 bits per heavy atom. The van der Waals surface area contributed by atoms with Gasteiger partial charge in [-0.2, -0.15) is 4.39 Å². The molecule has 0 saturated heterocycles. The Labute approximate surface area is 98.7 Å². The lowest BCUT2D eigenvalue weighted by Gasteiger charge is -2.10. The van der Waals surface area contributed by atoms with Gasteiger partial charge in [0.05, 0.1) is 7.11 Å². The summed E-state index contributed by atoms with van der Waals surface area (Å²) in [6.07, 6.45) is 0.